The molecular weight excluding hydrogens is 250 g/mol. The molecule has 0 saturated heterocycles. The van der Waals surface area contributed by atoms with E-state index in [-0.39, 0.29) is 25.0 Å². The number of aliphatic hydroxyl groups excluding tert-OH is 1. The number of aryl methyl sites for hydroxylation is 1. The maximum atomic E-state index is 10.7. The van der Waals surface area contributed by atoms with Gasteiger partial charge in [-0.3, -0.25) is 10.1 Å². The third-order valence-corrected chi connectivity index (χ3v) is 2.44. The molecule has 0 aliphatic carbocycles. The Hall–Kier alpha value is -1.66. The fraction of sp³-hybridized carbons (Fsp3) is 0.538. The molecule has 19 heavy (non-hydrogen) atoms. The van der Waals surface area contributed by atoms with E-state index >= 15 is 0 Å². The molecule has 0 bridgehead atoms. The predicted molar refractivity (Wildman–Crippen MR) is 70.4 cm³/mol. The number of nitrogens with zero attached hydrogens (tertiary/aromatic N) is 1. The molecule has 0 fully saturated rings. The molecule has 1 unspecified atom stereocenters. The van der Waals surface area contributed by atoms with Crippen LogP contribution in [0.4, 0.5) is 5.69 Å². The summed E-state index contributed by atoms with van der Waals surface area (Å²) in [6.45, 7) is 5.74. The molecule has 0 aromatic heterocycles. The lowest BCUT2D eigenvalue weighted by Gasteiger charge is -2.15. The van der Waals surface area contributed by atoms with Gasteiger partial charge in [0.1, 0.15) is 18.5 Å². The molecule has 0 saturated carbocycles. The summed E-state index contributed by atoms with van der Waals surface area (Å²) in [6, 6.07) is 4.39. The summed E-state index contributed by atoms with van der Waals surface area (Å²) < 4.78 is 10.6. The molecule has 0 spiro atoms. The third-order valence-electron chi connectivity index (χ3n) is 2.44. The maximum Gasteiger partial charge on any atom is 0.273 e. The van der Waals surface area contributed by atoms with Gasteiger partial charge in [0.2, 0.25) is 0 Å². The second-order valence-electron chi connectivity index (χ2n) is 4.55. The fourth-order valence-corrected chi connectivity index (χ4v) is 1.40. The van der Waals surface area contributed by atoms with Gasteiger partial charge in [0, 0.05) is 6.07 Å². The highest BCUT2D eigenvalue weighted by Crippen LogP contribution is 2.24. The van der Waals surface area contributed by atoms with Gasteiger partial charge in [-0.25, -0.2) is 0 Å². The molecule has 106 valence electrons. The van der Waals surface area contributed by atoms with E-state index in [1.165, 1.54) is 12.1 Å². The van der Waals surface area contributed by atoms with Crippen LogP contribution in [0.2, 0.25) is 0 Å². The number of aliphatic hydroxyl groups is 1. The summed E-state index contributed by atoms with van der Waals surface area (Å²) in [5, 5.41) is 20.3. The van der Waals surface area contributed by atoms with Crippen LogP contribution in [-0.4, -0.2) is 35.5 Å². The van der Waals surface area contributed by atoms with Crippen LogP contribution in [0.3, 0.4) is 0 Å². The van der Waals surface area contributed by atoms with Crippen molar-refractivity contribution in [3.63, 3.8) is 0 Å². The van der Waals surface area contributed by atoms with E-state index in [0.29, 0.717) is 5.75 Å². The SMILES string of the molecule is Cc1ccc([N+](=O)[O-])cc1OCC(O)COC(C)C. The van der Waals surface area contributed by atoms with Crippen LogP contribution in [0.5, 0.6) is 5.75 Å². The van der Waals surface area contributed by atoms with Crippen molar-refractivity contribution in [3.05, 3.63) is 33.9 Å². The molecule has 0 heterocycles. The molecule has 1 atom stereocenters. The van der Waals surface area contributed by atoms with Gasteiger partial charge in [0.25, 0.3) is 5.69 Å². The van der Waals surface area contributed by atoms with E-state index in [1.54, 1.807) is 13.0 Å². The van der Waals surface area contributed by atoms with Gasteiger partial charge in [0.15, 0.2) is 0 Å². The maximum absolute atomic E-state index is 10.7. The Morgan fingerprint density at radius 1 is 1.37 bits per heavy atom. The van der Waals surface area contributed by atoms with Gasteiger partial charge in [0.05, 0.1) is 23.7 Å². The van der Waals surface area contributed by atoms with Gasteiger partial charge in [-0.15, -0.1) is 0 Å². The van der Waals surface area contributed by atoms with Gasteiger partial charge < -0.3 is 14.6 Å². The first-order valence-electron chi connectivity index (χ1n) is 6.07. The molecule has 1 aromatic carbocycles. The van der Waals surface area contributed by atoms with Crippen molar-refractivity contribution in [2.45, 2.75) is 33.0 Å². The average molecular weight is 269 g/mol. The predicted octanol–water partition coefficient (Wildman–Crippen LogP) is 2.07. The summed E-state index contributed by atoms with van der Waals surface area (Å²) in [7, 11) is 0. The molecule has 1 aromatic rings. The van der Waals surface area contributed by atoms with Crippen LogP contribution < -0.4 is 4.74 Å². The van der Waals surface area contributed by atoms with Crippen molar-refractivity contribution < 1.29 is 19.5 Å². The van der Waals surface area contributed by atoms with E-state index < -0.39 is 11.0 Å². The Balaban J connectivity index is 2.57. The van der Waals surface area contributed by atoms with Crippen molar-refractivity contribution in [2.24, 2.45) is 0 Å². The van der Waals surface area contributed by atoms with Crippen molar-refractivity contribution in [2.75, 3.05) is 13.2 Å². The van der Waals surface area contributed by atoms with E-state index in [1.807, 2.05) is 13.8 Å². The minimum atomic E-state index is -0.763. The lowest BCUT2D eigenvalue weighted by Crippen LogP contribution is -2.25. The first kappa shape index (κ1) is 15.4. The minimum Gasteiger partial charge on any atom is -0.490 e. The zero-order valence-corrected chi connectivity index (χ0v) is 11.3. The molecule has 0 radical (unpaired) electrons. The van der Waals surface area contributed by atoms with Crippen molar-refractivity contribution in [1.29, 1.82) is 0 Å². The molecule has 0 aliphatic rings. The number of hydrogen-bond acceptors (Lipinski definition) is 5. The van der Waals surface area contributed by atoms with Gasteiger partial charge in [-0.1, -0.05) is 0 Å². The zero-order valence-electron chi connectivity index (χ0n) is 11.3. The van der Waals surface area contributed by atoms with Crippen LogP contribution in [0.25, 0.3) is 0 Å². The lowest BCUT2D eigenvalue weighted by atomic mass is 10.2. The van der Waals surface area contributed by atoms with E-state index in [0.717, 1.165) is 5.56 Å². The molecule has 0 amide bonds. The van der Waals surface area contributed by atoms with Crippen LogP contribution in [0, 0.1) is 17.0 Å². The summed E-state index contributed by atoms with van der Waals surface area (Å²) in [5.74, 6) is 0.401. The van der Waals surface area contributed by atoms with Gasteiger partial charge >= 0.3 is 0 Å². The highest BCUT2D eigenvalue weighted by molar-refractivity contribution is 5.43. The van der Waals surface area contributed by atoms with E-state index in [2.05, 4.69) is 0 Å². The van der Waals surface area contributed by atoms with Crippen LogP contribution in [-0.2, 0) is 4.74 Å². The Morgan fingerprint density at radius 2 is 2.05 bits per heavy atom. The third kappa shape index (κ3) is 5.23. The fourth-order valence-electron chi connectivity index (χ4n) is 1.40. The van der Waals surface area contributed by atoms with Crippen LogP contribution in [0.1, 0.15) is 19.4 Å². The highest BCUT2D eigenvalue weighted by Gasteiger charge is 2.12. The van der Waals surface area contributed by atoms with Crippen molar-refractivity contribution >= 4 is 5.69 Å². The van der Waals surface area contributed by atoms with Crippen molar-refractivity contribution in [1.82, 2.24) is 0 Å². The molecule has 6 nitrogen and oxygen atoms in total. The number of hydrogen-bond donors (Lipinski definition) is 1. The molecule has 6 heteroatoms. The van der Waals surface area contributed by atoms with Gasteiger partial charge in [-0.2, -0.15) is 0 Å². The van der Waals surface area contributed by atoms with Crippen molar-refractivity contribution in [3.8, 4) is 5.75 Å². The Labute approximate surface area is 112 Å². The number of benzene rings is 1. The lowest BCUT2D eigenvalue weighted by molar-refractivity contribution is -0.385. The smallest absolute Gasteiger partial charge is 0.273 e. The average Bonchev–Trinajstić information content (AvgIpc) is 2.35. The topological polar surface area (TPSA) is 81.8 Å². The van der Waals surface area contributed by atoms with Crippen LogP contribution >= 0.6 is 0 Å². The molecule has 1 rings (SSSR count). The first-order valence-corrected chi connectivity index (χ1v) is 6.07. The summed E-state index contributed by atoms with van der Waals surface area (Å²) in [6.07, 6.45) is -0.727. The molecular formula is C13H19NO5. The first-order chi connectivity index (χ1) is 8.90. The number of non-ortho nitro benzene ring substituents is 1. The van der Waals surface area contributed by atoms with Gasteiger partial charge in [-0.05, 0) is 32.4 Å². The molecule has 1 N–H and O–H groups in total. The normalized spacial score (nSPS) is 12.5. The summed E-state index contributed by atoms with van der Waals surface area (Å²) >= 11 is 0. The number of nitro groups is 1. The second kappa shape index (κ2) is 7.06. The number of ether oxygens (including phenoxy) is 2. The standard InChI is InChI=1S/C13H19NO5/c1-9(2)18-7-12(15)8-19-13-6-11(14(16)17)5-4-10(13)3/h4-6,9,12,15H,7-8H2,1-3H3. The Morgan fingerprint density at radius 3 is 2.63 bits per heavy atom. The van der Waals surface area contributed by atoms with Crippen LogP contribution in [0.15, 0.2) is 18.2 Å². The minimum absolute atomic E-state index is 0.0338. The summed E-state index contributed by atoms with van der Waals surface area (Å²) in [5.41, 5.74) is 0.746. The highest BCUT2D eigenvalue weighted by atomic mass is 16.6. The monoisotopic (exact) mass is 269 g/mol. The second-order valence-corrected chi connectivity index (χ2v) is 4.55. The number of nitro benzene ring substituents is 1. The summed E-state index contributed by atoms with van der Waals surface area (Å²) in [4.78, 5) is 10.2. The molecule has 0 aliphatic heterocycles. The zero-order chi connectivity index (χ0) is 14.4. The number of rotatable bonds is 7. The van der Waals surface area contributed by atoms with E-state index in [4.69, 9.17) is 9.47 Å². The van der Waals surface area contributed by atoms with E-state index in [9.17, 15) is 15.2 Å². The Kier molecular flexibility index (Phi) is 5.72. The quantitative estimate of drug-likeness (QED) is 0.605. The largest absolute Gasteiger partial charge is 0.490 e. The Bertz CT molecular complexity index is 433.